The van der Waals surface area contributed by atoms with Gasteiger partial charge < -0.3 is 9.47 Å². The van der Waals surface area contributed by atoms with Crippen molar-refractivity contribution in [3.8, 4) is 0 Å². The molecule has 0 spiro atoms. The maximum absolute atomic E-state index is 5.83. The Labute approximate surface area is 139 Å². The van der Waals surface area contributed by atoms with Crippen molar-refractivity contribution in [3.63, 3.8) is 0 Å². The van der Waals surface area contributed by atoms with E-state index in [1.165, 1.54) is 44.0 Å². The molecule has 1 rings (SSSR count). The molecule has 1 fully saturated rings. The molecule has 0 unspecified atom stereocenters. The van der Waals surface area contributed by atoms with E-state index in [9.17, 15) is 0 Å². The van der Waals surface area contributed by atoms with Gasteiger partial charge in [0.05, 0.1) is 12.4 Å². The molecule has 0 radical (unpaired) electrons. The Morgan fingerprint density at radius 1 is 1.05 bits per heavy atom. The summed E-state index contributed by atoms with van der Waals surface area (Å²) in [5.41, 5.74) is 0. The van der Waals surface area contributed by atoms with E-state index in [1.54, 1.807) is 0 Å². The normalized spacial score (nSPS) is 16.8. The van der Waals surface area contributed by atoms with Crippen LogP contribution in [0, 0.1) is 6.10 Å². The van der Waals surface area contributed by atoms with Gasteiger partial charge in [-0.15, -0.1) is 0 Å². The van der Waals surface area contributed by atoms with Gasteiger partial charge in [-0.1, -0.05) is 33.1 Å². The summed E-state index contributed by atoms with van der Waals surface area (Å²) in [4.78, 5) is 0. The van der Waals surface area contributed by atoms with Crippen LogP contribution in [0.3, 0.4) is 0 Å². The largest absolute Gasteiger partial charge is 0.549 e. The zero-order valence-corrected chi connectivity index (χ0v) is 15.3. The first-order chi connectivity index (χ1) is 9.36. The van der Waals surface area contributed by atoms with E-state index < -0.39 is 0 Å². The smallest absolute Gasteiger partial charge is 0.0919 e. The zero-order chi connectivity index (χ0) is 13.8. The first-order valence-electron chi connectivity index (χ1n) is 8.16. The monoisotopic (exact) mass is 365 g/mol. The standard InChI is InChI=1S/C17H31O2.Mo/c1-3-10-16(11-4-2)18-14-8-9-15-19-17-12-6-5-7-13-17;/h10H,3-9,11-15H2,1-2H3;/q-1;/b16-10+;. The fourth-order valence-corrected chi connectivity index (χ4v) is 2.42. The summed E-state index contributed by atoms with van der Waals surface area (Å²) in [6, 6.07) is 0. The summed E-state index contributed by atoms with van der Waals surface area (Å²) >= 11 is 0. The molecule has 0 saturated heterocycles. The third-order valence-electron chi connectivity index (χ3n) is 3.47. The molecule has 0 aromatic rings. The molecular formula is C17H31MoO2-. The van der Waals surface area contributed by atoms with Gasteiger partial charge in [-0.2, -0.15) is 18.9 Å². The van der Waals surface area contributed by atoms with Gasteiger partial charge in [-0.05, 0) is 31.8 Å². The van der Waals surface area contributed by atoms with Crippen molar-refractivity contribution in [2.45, 2.75) is 78.1 Å². The van der Waals surface area contributed by atoms with Crippen molar-refractivity contribution in [2.24, 2.45) is 0 Å². The van der Waals surface area contributed by atoms with Crippen molar-refractivity contribution >= 4 is 0 Å². The molecule has 0 aromatic heterocycles. The molecule has 1 saturated carbocycles. The summed E-state index contributed by atoms with van der Waals surface area (Å²) in [6.45, 7) is 6.07. The number of rotatable bonds is 10. The van der Waals surface area contributed by atoms with Gasteiger partial charge in [0.1, 0.15) is 0 Å². The fourth-order valence-electron chi connectivity index (χ4n) is 2.42. The summed E-state index contributed by atoms with van der Waals surface area (Å²) in [6.07, 6.45) is 15.4. The predicted octanol–water partition coefficient (Wildman–Crippen LogP) is 5.39. The Hall–Kier alpha value is 0.188. The Balaban J connectivity index is 0.00000361. The Bertz CT molecular complexity index is 235. The first kappa shape index (κ1) is 20.2. The maximum Gasteiger partial charge on any atom is 0.0919 e. The Morgan fingerprint density at radius 3 is 2.40 bits per heavy atom. The zero-order valence-electron chi connectivity index (χ0n) is 13.3. The second kappa shape index (κ2) is 14.1. The van der Waals surface area contributed by atoms with Gasteiger partial charge in [0.15, 0.2) is 0 Å². The molecule has 118 valence electrons. The first-order valence-corrected chi connectivity index (χ1v) is 8.16. The quantitative estimate of drug-likeness (QED) is 0.224. The van der Waals surface area contributed by atoms with E-state index in [0.717, 1.165) is 45.3 Å². The van der Waals surface area contributed by atoms with Crippen molar-refractivity contribution in [3.05, 3.63) is 17.9 Å². The van der Waals surface area contributed by atoms with Crippen LogP contribution >= 0.6 is 0 Å². The van der Waals surface area contributed by atoms with Gasteiger partial charge in [0.2, 0.25) is 0 Å². The Kier molecular flexibility index (Phi) is 14.3. The summed E-state index contributed by atoms with van der Waals surface area (Å²) in [5.74, 6) is 1.17. The molecular weight excluding hydrogens is 332 g/mol. The summed E-state index contributed by atoms with van der Waals surface area (Å²) < 4.78 is 11.6. The van der Waals surface area contributed by atoms with Gasteiger partial charge in [-0.25, -0.2) is 0 Å². The third kappa shape index (κ3) is 9.99. The van der Waals surface area contributed by atoms with E-state index in [1.807, 2.05) is 0 Å². The molecule has 0 aromatic carbocycles. The third-order valence-corrected chi connectivity index (χ3v) is 3.47. The van der Waals surface area contributed by atoms with E-state index >= 15 is 0 Å². The van der Waals surface area contributed by atoms with Gasteiger partial charge in [0.25, 0.3) is 0 Å². The van der Waals surface area contributed by atoms with Crippen molar-refractivity contribution < 1.29 is 30.5 Å². The van der Waals surface area contributed by atoms with Crippen LogP contribution in [0.1, 0.15) is 78.1 Å². The minimum absolute atomic E-state index is 0. The van der Waals surface area contributed by atoms with Crippen LogP contribution in [0.4, 0.5) is 0 Å². The molecule has 1 aliphatic rings. The molecule has 20 heavy (non-hydrogen) atoms. The van der Waals surface area contributed by atoms with E-state index in [2.05, 4.69) is 19.9 Å². The number of ether oxygens (including phenoxy) is 2. The van der Waals surface area contributed by atoms with Gasteiger partial charge >= 0.3 is 0 Å². The van der Waals surface area contributed by atoms with Crippen LogP contribution in [0.25, 0.3) is 0 Å². The number of allylic oxidation sites excluding steroid dienone is 2. The molecule has 0 atom stereocenters. The van der Waals surface area contributed by atoms with Gasteiger partial charge in [-0.3, -0.25) is 0 Å². The second-order valence-electron chi connectivity index (χ2n) is 5.33. The number of unbranched alkanes of at least 4 members (excludes halogenated alkanes) is 1. The maximum atomic E-state index is 5.83. The minimum atomic E-state index is 0. The van der Waals surface area contributed by atoms with E-state index in [4.69, 9.17) is 9.47 Å². The van der Waals surface area contributed by atoms with Crippen LogP contribution in [0.5, 0.6) is 0 Å². The molecule has 0 amide bonds. The molecule has 0 heterocycles. The predicted molar refractivity (Wildman–Crippen MR) is 80.7 cm³/mol. The van der Waals surface area contributed by atoms with Crippen LogP contribution in [-0.4, -0.2) is 13.2 Å². The number of hydrogen-bond acceptors (Lipinski definition) is 2. The molecule has 3 heteroatoms. The van der Waals surface area contributed by atoms with Crippen LogP contribution in [0.2, 0.25) is 0 Å². The van der Waals surface area contributed by atoms with Crippen molar-refractivity contribution in [2.75, 3.05) is 13.2 Å². The average molecular weight is 363 g/mol. The summed E-state index contributed by atoms with van der Waals surface area (Å²) in [7, 11) is 0. The van der Waals surface area contributed by atoms with Crippen LogP contribution < -0.4 is 0 Å². The average Bonchev–Trinajstić information content (AvgIpc) is 2.44. The fraction of sp³-hybridized carbons (Fsp3) is 0.824. The number of hydrogen-bond donors (Lipinski definition) is 0. The van der Waals surface area contributed by atoms with Crippen LogP contribution in [-0.2, 0) is 30.5 Å². The molecule has 1 aliphatic carbocycles. The summed E-state index contributed by atoms with van der Waals surface area (Å²) in [5, 5.41) is 0. The molecule has 0 N–H and O–H groups in total. The van der Waals surface area contributed by atoms with E-state index in [-0.39, 0.29) is 21.1 Å². The SMILES string of the molecule is CC/C=C(\CCC)OCCCCO[C-]1CCCCC1.[Mo]. The molecule has 0 aliphatic heterocycles. The minimum Gasteiger partial charge on any atom is -0.549 e. The van der Waals surface area contributed by atoms with Gasteiger partial charge in [0, 0.05) is 34.1 Å². The van der Waals surface area contributed by atoms with Crippen molar-refractivity contribution in [1.29, 1.82) is 0 Å². The van der Waals surface area contributed by atoms with E-state index in [0.29, 0.717) is 0 Å². The molecule has 2 nitrogen and oxygen atoms in total. The Morgan fingerprint density at radius 2 is 1.75 bits per heavy atom. The van der Waals surface area contributed by atoms with Crippen LogP contribution in [0.15, 0.2) is 11.8 Å². The molecule has 0 bridgehead atoms. The second-order valence-corrected chi connectivity index (χ2v) is 5.33. The van der Waals surface area contributed by atoms with Crippen molar-refractivity contribution in [1.82, 2.24) is 0 Å². The topological polar surface area (TPSA) is 18.5 Å².